The second kappa shape index (κ2) is 15.6. The molecule has 0 saturated carbocycles. The van der Waals surface area contributed by atoms with Crippen LogP contribution in [-0.2, 0) is 28.9 Å². The van der Waals surface area contributed by atoms with Crippen molar-refractivity contribution >= 4 is 27.7 Å². The van der Waals surface area contributed by atoms with Crippen LogP contribution >= 0.6 is 15.9 Å². The fraction of sp³-hybridized carbons (Fsp3) is 0.278. The summed E-state index contributed by atoms with van der Waals surface area (Å²) < 4.78 is 13.3. The van der Waals surface area contributed by atoms with E-state index in [0.717, 1.165) is 26.7 Å². The van der Waals surface area contributed by atoms with Crippen LogP contribution in [0.15, 0.2) is 112 Å². The van der Waals surface area contributed by atoms with Crippen LogP contribution in [-0.4, -0.2) is 42.2 Å². The molecule has 236 valence electrons. The Labute approximate surface area is 277 Å². The van der Waals surface area contributed by atoms with Gasteiger partial charge in [-0.25, -0.2) is 4.99 Å². The normalized spacial score (nSPS) is 17.0. The third-order valence-electron chi connectivity index (χ3n) is 7.88. The SMILES string of the molecule is Cc1ccc(CCNC(=O)[C@]2(Cc3ccc(Br)cc3)N=C(c3ccc(OCCCO)cc3)O[C@@H]2c2ccccc2CN=[N+]=[N-])cc1. The zero-order valence-corrected chi connectivity index (χ0v) is 27.2. The number of benzene rings is 4. The molecule has 0 aromatic heterocycles. The summed E-state index contributed by atoms with van der Waals surface area (Å²) in [6, 6.07) is 31.0. The van der Waals surface area contributed by atoms with E-state index in [4.69, 9.17) is 25.1 Å². The van der Waals surface area contributed by atoms with Gasteiger partial charge in [0.05, 0.1) is 13.2 Å². The molecule has 9 nitrogen and oxygen atoms in total. The van der Waals surface area contributed by atoms with Crippen molar-refractivity contribution in [3.63, 3.8) is 0 Å². The summed E-state index contributed by atoms with van der Waals surface area (Å²) in [5, 5.41) is 16.1. The minimum atomic E-state index is -1.38. The number of nitrogens with zero attached hydrogens (tertiary/aromatic N) is 4. The Hall–Kier alpha value is -4.63. The number of hydrogen-bond donors (Lipinski definition) is 2. The summed E-state index contributed by atoms with van der Waals surface area (Å²) in [5.41, 5.74) is 13.1. The van der Waals surface area contributed by atoms with Crippen molar-refractivity contribution in [3.8, 4) is 5.75 Å². The van der Waals surface area contributed by atoms with Crippen LogP contribution in [0.4, 0.5) is 0 Å². The van der Waals surface area contributed by atoms with E-state index in [1.807, 2.05) is 79.7 Å². The number of aliphatic hydroxyl groups excluding tert-OH is 1. The van der Waals surface area contributed by atoms with Crippen LogP contribution in [0.25, 0.3) is 10.4 Å². The van der Waals surface area contributed by atoms with Gasteiger partial charge in [-0.2, -0.15) is 0 Å². The highest BCUT2D eigenvalue weighted by Crippen LogP contribution is 2.44. The van der Waals surface area contributed by atoms with Crippen molar-refractivity contribution in [3.05, 3.63) is 145 Å². The monoisotopic (exact) mass is 681 g/mol. The molecule has 0 aliphatic carbocycles. The Balaban J connectivity index is 1.55. The number of azide groups is 1. The Morgan fingerprint density at radius 2 is 1.76 bits per heavy atom. The van der Waals surface area contributed by atoms with Crippen molar-refractivity contribution < 1.29 is 19.4 Å². The average molecular weight is 683 g/mol. The average Bonchev–Trinajstić information content (AvgIpc) is 3.46. The quantitative estimate of drug-likeness (QED) is 0.0632. The second-order valence-electron chi connectivity index (χ2n) is 11.2. The van der Waals surface area contributed by atoms with Crippen LogP contribution in [0.3, 0.4) is 0 Å². The highest BCUT2D eigenvalue weighted by atomic mass is 79.9. The molecule has 5 rings (SSSR count). The van der Waals surface area contributed by atoms with Gasteiger partial charge in [0.15, 0.2) is 11.6 Å². The lowest BCUT2D eigenvalue weighted by Crippen LogP contribution is -2.50. The van der Waals surface area contributed by atoms with Crippen LogP contribution in [0.1, 0.15) is 45.9 Å². The fourth-order valence-electron chi connectivity index (χ4n) is 5.44. The highest BCUT2D eigenvalue weighted by molar-refractivity contribution is 9.10. The summed E-state index contributed by atoms with van der Waals surface area (Å²) in [4.78, 5) is 22.6. The van der Waals surface area contributed by atoms with Gasteiger partial charge in [-0.15, -0.1) is 0 Å². The van der Waals surface area contributed by atoms with Crippen LogP contribution in [0.2, 0.25) is 0 Å². The molecule has 0 radical (unpaired) electrons. The molecule has 1 amide bonds. The van der Waals surface area contributed by atoms with E-state index in [0.29, 0.717) is 43.2 Å². The maximum Gasteiger partial charge on any atom is 0.252 e. The van der Waals surface area contributed by atoms with Gasteiger partial charge in [0.25, 0.3) is 5.91 Å². The zero-order chi connectivity index (χ0) is 32.4. The molecule has 10 heteroatoms. The molecule has 46 heavy (non-hydrogen) atoms. The van der Waals surface area contributed by atoms with Gasteiger partial charge >= 0.3 is 0 Å². The summed E-state index contributed by atoms with van der Waals surface area (Å²) in [6.07, 6.45) is 0.652. The van der Waals surface area contributed by atoms with Crippen LogP contribution in [0, 0.1) is 6.92 Å². The summed E-state index contributed by atoms with van der Waals surface area (Å²) in [5.74, 6) is 0.725. The summed E-state index contributed by atoms with van der Waals surface area (Å²) in [7, 11) is 0. The van der Waals surface area contributed by atoms with E-state index in [2.05, 4.69) is 55.5 Å². The Kier molecular flexibility index (Phi) is 11.1. The van der Waals surface area contributed by atoms with Crippen LogP contribution < -0.4 is 10.1 Å². The number of halogens is 1. The van der Waals surface area contributed by atoms with Crippen LogP contribution in [0.5, 0.6) is 5.75 Å². The second-order valence-corrected chi connectivity index (χ2v) is 12.1. The minimum absolute atomic E-state index is 0.0544. The van der Waals surface area contributed by atoms with Gasteiger partial charge in [-0.3, -0.25) is 4.79 Å². The summed E-state index contributed by atoms with van der Waals surface area (Å²) >= 11 is 3.52. The number of ether oxygens (including phenoxy) is 2. The predicted molar refractivity (Wildman–Crippen MR) is 182 cm³/mol. The number of aliphatic hydroxyl groups is 1. The molecule has 0 spiro atoms. The molecule has 1 heterocycles. The van der Waals surface area contributed by atoms with Crippen molar-refractivity contribution in [2.24, 2.45) is 10.1 Å². The molecular weight excluding hydrogens is 646 g/mol. The number of aryl methyl sites for hydroxylation is 1. The summed E-state index contributed by atoms with van der Waals surface area (Å²) in [6.45, 7) is 3.02. The third kappa shape index (κ3) is 7.95. The smallest absolute Gasteiger partial charge is 0.252 e. The van der Waals surface area contributed by atoms with Crippen molar-refractivity contribution in [2.45, 2.75) is 44.4 Å². The Morgan fingerprint density at radius 3 is 2.48 bits per heavy atom. The van der Waals surface area contributed by atoms with Gasteiger partial charge in [0.1, 0.15) is 5.75 Å². The zero-order valence-electron chi connectivity index (χ0n) is 25.6. The first kappa shape index (κ1) is 32.8. The maximum atomic E-state index is 14.5. The van der Waals surface area contributed by atoms with E-state index in [-0.39, 0.29) is 25.5 Å². The Morgan fingerprint density at radius 1 is 1.04 bits per heavy atom. The largest absolute Gasteiger partial charge is 0.494 e. The molecule has 0 unspecified atom stereocenters. The topological polar surface area (TPSA) is 129 Å². The standard InChI is InChI=1S/C36H36BrN5O4/c1-25-7-9-26(10-8-25)19-20-39-35(44)36(23-27-11-15-30(37)16-12-27)33(32-6-3-2-5-29(32)24-40-42-38)46-34(41-36)28-13-17-31(18-14-28)45-22-4-21-43/h2-3,5-18,33,43H,4,19-24H2,1H3,(H,39,44)/t33-,36-/m1/s1. The van der Waals surface area contributed by atoms with E-state index in [1.165, 1.54) is 5.56 Å². The van der Waals surface area contributed by atoms with Crippen molar-refractivity contribution in [2.75, 3.05) is 19.8 Å². The molecule has 1 aliphatic heterocycles. The lowest BCUT2D eigenvalue weighted by Gasteiger charge is -2.32. The number of nitrogens with one attached hydrogen (secondary N) is 1. The van der Waals surface area contributed by atoms with Gasteiger partial charge in [-0.1, -0.05) is 87.3 Å². The van der Waals surface area contributed by atoms with E-state index in [9.17, 15) is 4.79 Å². The van der Waals surface area contributed by atoms with Crippen molar-refractivity contribution in [1.29, 1.82) is 0 Å². The maximum absolute atomic E-state index is 14.5. The number of aliphatic imine (C=N–C) groups is 1. The first-order valence-corrected chi connectivity index (χ1v) is 16.0. The van der Waals surface area contributed by atoms with E-state index in [1.54, 1.807) is 0 Å². The van der Waals surface area contributed by atoms with Gasteiger partial charge < -0.3 is 19.9 Å². The number of carbonyl (C=O) groups is 1. The number of carbonyl (C=O) groups excluding carboxylic acids is 1. The highest BCUT2D eigenvalue weighted by Gasteiger charge is 2.53. The lowest BCUT2D eigenvalue weighted by molar-refractivity contribution is -0.128. The first-order valence-electron chi connectivity index (χ1n) is 15.2. The number of rotatable bonds is 14. The molecule has 0 saturated heterocycles. The van der Waals surface area contributed by atoms with Gasteiger partial charge in [-0.05, 0) is 77.5 Å². The van der Waals surface area contributed by atoms with E-state index < -0.39 is 11.6 Å². The first-order chi connectivity index (χ1) is 22.4. The van der Waals surface area contributed by atoms with E-state index >= 15 is 0 Å². The third-order valence-corrected chi connectivity index (χ3v) is 8.41. The lowest BCUT2D eigenvalue weighted by atomic mass is 9.80. The Bertz CT molecular complexity index is 1700. The fourth-order valence-corrected chi connectivity index (χ4v) is 5.71. The predicted octanol–water partition coefficient (Wildman–Crippen LogP) is 7.19. The van der Waals surface area contributed by atoms with Gasteiger partial charge in [0.2, 0.25) is 5.90 Å². The van der Waals surface area contributed by atoms with Crippen molar-refractivity contribution in [1.82, 2.24) is 5.32 Å². The number of amides is 1. The molecular formula is C36H36BrN5O4. The minimum Gasteiger partial charge on any atom is -0.494 e. The molecule has 2 atom stereocenters. The molecule has 2 N–H and O–H groups in total. The molecule has 1 aliphatic rings. The molecule has 4 aromatic carbocycles. The van der Waals surface area contributed by atoms with Gasteiger partial charge in [0, 0.05) is 40.9 Å². The number of hydrogen-bond acceptors (Lipinski definition) is 6. The molecule has 4 aromatic rings. The molecule has 0 fully saturated rings. The molecule has 0 bridgehead atoms.